The molecule has 2 aromatic rings. The number of nitrogen functional groups attached to an aromatic ring is 1. The number of hydrogen-bond acceptors (Lipinski definition) is 4. The van der Waals surface area contributed by atoms with Crippen LogP contribution in [0.4, 0.5) is 9.52 Å². The lowest BCUT2D eigenvalue weighted by molar-refractivity contribution is 0.310. The summed E-state index contributed by atoms with van der Waals surface area (Å²) >= 11 is 1.42. The predicted molar refractivity (Wildman–Crippen MR) is 68.1 cm³/mol. The van der Waals surface area contributed by atoms with Crippen LogP contribution in [0.15, 0.2) is 29.6 Å². The van der Waals surface area contributed by atoms with Crippen LogP contribution >= 0.6 is 11.3 Å². The normalized spacial score (nSPS) is 11.0. The second-order valence-corrected chi connectivity index (χ2v) is 4.83. The number of thiazole rings is 1. The van der Waals surface area contributed by atoms with E-state index in [-0.39, 0.29) is 5.82 Å². The second-order valence-electron chi connectivity index (χ2n) is 3.94. The van der Waals surface area contributed by atoms with E-state index in [0.717, 1.165) is 5.69 Å². The number of benzene rings is 1. The van der Waals surface area contributed by atoms with E-state index in [1.165, 1.54) is 17.4 Å². The summed E-state index contributed by atoms with van der Waals surface area (Å²) in [5.41, 5.74) is 7.18. The first kappa shape index (κ1) is 12.0. The second kappa shape index (κ2) is 5.25. The van der Waals surface area contributed by atoms with Crippen LogP contribution < -0.4 is 5.73 Å². The first-order valence-electron chi connectivity index (χ1n) is 5.27. The zero-order chi connectivity index (χ0) is 12.3. The number of rotatable bonds is 4. The fraction of sp³-hybridized carbons (Fsp3) is 0.250. The fourth-order valence-electron chi connectivity index (χ4n) is 1.65. The molecule has 17 heavy (non-hydrogen) atoms. The molecular weight excluding hydrogens is 237 g/mol. The van der Waals surface area contributed by atoms with Gasteiger partial charge in [0.1, 0.15) is 5.82 Å². The average molecular weight is 251 g/mol. The summed E-state index contributed by atoms with van der Waals surface area (Å²) < 4.78 is 13.4. The van der Waals surface area contributed by atoms with E-state index in [4.69, 9.17) is 5.73 Å². The minimum absolute atomic E-state index is 0.169. The van der Waals surface area contributed by atoms with Crippen molar-refractivity contribution < 1.29 is 4.39 Å². The van der Waals surface area contributed by atoms with E-state index in [2.05, 4.69) is 4.98 Å². The Hall–Kier alpha value is -1.46. The summed E-state index contributed by atoms with van der Waals surface area (Å²) in [4.78, 5) is 6.18. The first-order chi connectivity index (χ1) is 8.15. The molecule has 5 heteroatoms. The molecule has 0 unspecified atom stereocenters. The Labute approximate surface area is 104 Å². The molecule has 2 rings (SSSR count). The SMILES string of the molecule is CN(Cc1csc(N)n1)Cc1ccccc1F. The molecule has 0 radical (unpaired) electrons. The number of nitrogens with zero attached hydrogens (tertiary/aromatic N) is 2. The van der Waals surface area contributed by atoms with Crippen LogP contribution in [0.3, 0.4) is 0 Å². The van der Waals surface area contributed by atoms with Crippen molar-refractivity contribution in [2.75, 3.05) is 12.8 Å². The van der Waals surface area contributed by atoms with Gasteiger partial charge in [0.25, 0.3) is 0 Å². The smallest absolute Gasteiger partial charge is 0.180 e. The molecule has 0 aliphatic heterocycles. The van der Waals surface area contributed by atoms with Gasteiger partial charge in [0.2, 0.25) is 0 Å². The number of aromatic nitrogens is 1. The maximum absolute atomic E-state index is 13.4. The Bertz CT molecular complexity index is 498. The maximum atomic E-state index is 13.4. The number of anilines is 1. The van der Waals surface area contributed by atoms with Crippen LogP contribution in [0.25, 0.3) is 0 Å². The lowest BCUT2D eigenvalue weighted by atomic mass is 10.2. The Morgan fingerprint density at radius 3 is 2.76 bits per heavy atom. The Kier molecular flexibility index (Phi) is 3.71. The van der Waals surface area contributed by atoms with Crippen molar-refractivity contribution >= 4 is 16.5 Å². The molecular formula is C12H14FN3S. The molecule has 0 atom stereocenters. The molecule has 1 aromatic heterocycles. The summed E-state index contributed by atoms with van der Waals surface area (Å²) in [5, 5.41) is 2.49. The molecule has 0 fully saturated rings. The van der Waals surface area contributed by atoms with Crippen molar-refractivity contribution in [3.63, 3.8) is 0 Å². The molecule has 90 valence electrons. The van der Waals surface area contributed by atoms with E-state index in [1.807, 2.05) is 23.4 Å². The summed E-state index contributed by atoms with van der Waals surface area (Å²) in [6.45, 7) is 1.23. The number of nitrogens with two attached hydrogens (primary N) is 1. The highest BCUT2D eigenvalue weighted by Gasteiger charge is 2.07. The van der Waals surface area contributed by atoms with Gasteiger partial charge >= 0.3 is 0 Å². The van der Waals surface area contributed by atoms with Gasteiger partial charge in [0, 0.05) is 24.0 Å². The Balaban J connectivity index is 1.98. The van der Waals surface area contributed by atoms with Crippen molar-refractivity contribution in [1.29, 1.82) is 0 Å². The molecule has 1 heterocycles. The monoisotopic (exact) mass is 251 g/mol. The number of halogens is 1. The van der Waals surface area contributed by atoms with E-state index in [9.17, 15) is 4.39 Å². The van der Waals surface area contributed by atoms with Crippen LogP contribution in [0.1, 0.15) is 11.3 Å². The van der Waals surface area contributed by atoms with E-state index < -0.39 is 0 Å². The van der Waals surface area contributed by atoms with Gasteiger partial charge in [-0.25, -0.2) is 9.37 Å². The summed E-state index contributed by atoms with van der Waals surface area (Å²) in [5.74, 6) is -0.169. The zero-order valence-electron chi connectivity index (χ0n) is 9.56. The third-order valence-corrected chi connectivity index (χ3v) is 3.12. The lowest BCUT2D eigenvalue weighted by Crippen LogP contribution is -2.18. The lowest BCUT2D eigenvalue weighted by Gasteiger charge is -2.15. The fourth-order valence-corrected chi connectivity index (χ4v) is 2.20. The highest BCUT2D eigenvalue weighted by atomic mass is 32.1. The number of hydrogen-bond donors (Lipinski definition) is 1. The molecule has 3 nitrogen and oxygen atoms in total. The van der Waals surface area contributed by atoms with Crippen LogP contribution in [0.5, 0.6) is 0 Å². The van der Waals surface area contributed by atoms with Gasteiger partial charge < -0.3 is 5.73 Å². The van der Waals surface area contributed by atoms with Gasteiger partial charge in [0.15, 0.2) is 5.13 Å². The van der Waals surface area contributed by atoms with Crippen LogP contribution in [-0.2, 0) is 13.1 Å². The van der Waals surface area contributed by atoms with Gasteiger partial charge in [-0.15, -0.1) is 11.3 Å². The predicted octanol–water partition coefficient (Wildman–Crippen LogP) is 2.50. The third-order valence-electron chi connectivity index (χ3n) is 2.40. The zero-order valence-corrected chi connectivity index (χ0v) is 10.4. The first-order valence-corrected chi connectivity index (χ1v) is 6.15. The topological polar surface area (TPSA) is 42.1 Å². The van der Waals surface area contributed by atoms with Crippen LogP contribution in [0.2, 0.25) is 0 Å². The van der Waals surface area contributed by atoms with Crippen molar-refractivity contribution in [1.82, 2.24) is 9.88 Å². The molecule has 0 saturated heterocycles. The average Bonchev–Trinajstić information content (AvgIpc) is 2.67. The largest absolute Gasteiger partial charge is 0.375 e. The van der Waals surface area contributed by atoms with E-state index in [0.29, 0.717) is 23.8 Å². The maximum Gasteiger partial charge on any atom is 0.180 e. The van der Waals surface area contributed by atoms with Crippen molar-refractivity contribution in [3.05, 3.63) is 46.7 Å². The van der Waals surface area contributed by atoms with E-state index >= 15 is 0 Å². The van der Waals surface area contributed by atoms with Gasteiger partial charge in [-0.2, -0.15) is 0 Å². The quantitative estimate of drug-likeness (QED) is 0.907. The molecule has 0 spiro atoms. The highest BCUT2D eigenvalue weighted by Crippen LogP contribution is 2.14. The van der Waals surface area contributed by atoms with Crippen molar-refractivity contribution in [2.24, 2.45) is 0 Å². The molecule has 0 amide bonds. The summed E-state index contributed by atoms with van der Waals surface area (Å²) in [6.07, 6.45) is 0. The minimum atomic E-state index is -0.169. The van der Waals surface area contributed by atoms with Gasteiger partial charge in [-0.1, -0.05) is 18.2 Å². The highest BCUT2D eigenvalue weighted by molar-refractivity contribution is 7.13. The van der Waals surface area contributed by atoms with Gasteiger partial charge in [0.05, 0.1) is 5.69 Å². The molecule has 1 aromatic carbocycles. The Morgan fingerprint density at radius 1 is 1.35 bits per heavy atom. The third kappa shape index (κ3) is 3.25. The summed E-state index contributed by atoms with van der Waals surface area (Å²) in [6, 6.07) is 6.80. The van der Waals surface area contributed by atoms with Crippen molar-refractivity contribution in [3.8, 4) is 0 Å². The molecule has 0 saturated carbocycles. The molecule has 2 N–H and O–H groups in total. The molecule has 0 aliphatic rings. The van der Waals surface area contributed by atoms with E-state index in [1.54, 1.807) is 12.1 Å². The Morgan fingerprint density at radius 2 is 2.12 bits per heavy atom. The standard InChI is InChI=1S/C12H14FN3S/c1-16(7-10-8-17-12(14)15-10)6-9-4-2-3-5-11(9)13/h2-5,8H,6-7H2,1H3,(H2,14,15). The van der Waals surface area contributed by atoms with Gasteiger partial charge in [-0.05, 0) is 13.1 Å². The van der Waals surface area contributed by atoms with Crippen LogP contribution in [0, 0.1) is 5.82 Å². The summed E-state index contributed by atoms with van der Waals surface area (Å²) in [7, 11) is 1.93. The molecule has 0 aliphatic carbocycles. The molecule has 0 bridgehead atoms. The van der Waals surface area contributed by atoms with Crippen LogP contribution in [-0.4, -0.2) is 16.9 Å². The van der Waals surface area contributed by atoms with Gasteiger partial charge in [-0.3, -0.25) is 4.90 Å². The van der Waals surface area contributed by atoms with Crippen molar-refractivity contribution in [2.45, 2.75) is 13.1 Å². The minimum Gasteiger partial charge on any atom is -0.375 e.